The molecule has 0 fully saturated rings. The molecular weight excluding hydrogens is 292 g/mol. The van der Waals surface area contributed by atoms with Crippen LogP contribution < -0.4 is 10.1 Å². The largest absolute Gasteiger partial charge is 0.481 e. The molecule has 5 nitrogen and oxygen atoms in total. The highest BCUT2D eigenvalue weighted by molar-refractivity contribution is 5.96. The Morgan fingerprint density at radius 1 is 1.17 bits per heavy atom. The van der Waals surface area contributed by atoms with Crippen molar-refractivity contribution in [2.75, 3.05) is 5.32 Å². The van der Waals surface area contributed by atoms with Crippen LogP contribution >= 0.6 is 0 Å². The second-order valence-corrected chi connectivity index (χ2v) is 5.02. The minimum Gasteiger partial charge on any atom is -0.481 e. The van der Waals surface area contributed by atoms with Crippen molar-refractivity contribution in [3.05, 3.63) is 59.7 Å². The van der Waals surface area contributed by atoms with E-state index in [4.69, 9.17) is 10.00 Å². The van der Waals surface area contributed by atoms with E-state index in [-0.39, 0.29) is 11.7 Å². The standard InChI is InChI=1S/C18H16N2O3/c1-12(21)15-6-8-16(9-7-15)20-18(22)13(2)23-17-5-3-4-14(10-17)11-19/h3-10,13H,1-2H3,(H,20,22)/t13-/m0/s1. The Balaban J connectivity index is 1.99. The predicted molar refractivity (Wildman–Crippen MR) is 86.3 cm³/mol. The molecule has 116 valence electrons. The average Bonchev–Trinajstić information content (AvgIpc) is 2.55. The molecule has 0 saturated heterocycles. The van der Waals surface area contributed by atoms with Crippen molar-refractivity contribution < 1.29 is 14.3 Å². The van der Waals surface area contributed by atoms with E-state index in [1.807, 2.05) is 6.07 Å². The van der Waals surface area contributed by atoms with Gasteiger partial charge < -0.3 is 10.1 Å². The predicted octanol–water partition coefficient (Wildman–Crippen LogP) is 3.17. The molecule has 0 bridgehead atoms. The number of nitrogens with zero attached hydrogens (tertiary/aromatic N) is 1. The first-order valence-corrected chi connectivity index (χ1v) is 7.08. The summed E-state index contributed by atoms with van der Waals surface area (Å²) >= 11 is 0. The van der Waals surface area contributed by atoms with Crippen LogP contribution in [0.2, 0.25) is 0 Å². The van der Waals surface area contributed by atoms with Gasteiger partial charge in [0.25, 0.3) is 5.91 Å². The van der Waals surface area contributed by atoms with Gasteiger partial charge in [-0.25, -0.2) is 0 Å². The molecule has 2 rings (SSSR count). The highest BCUT2D eigenvalue weighted by Gasteiger charge is 2.15. The molecule has 0 aliphatic rings. The van der Waals surface area contributed by atoms with E-state index < -0.39 is 6.10 Å². The summed E-state index contributed by atoms with van der Waals surface area (Å²) in [4.78, 5) is 23.3. The van der Waals surface area contributed by atoms with Crippen LogP contribution in [0.3, 0.4) is 0 Å². The Bertz CT molecular complexity index is 761. The number of hydrogen-bond donors (Lipinski definition) is 1. The number of benzene rings is 2. The number of ether oxygens (including phenoxy) is 1. The summed E-state index contributed by atoms with van der Waals surface area (Å²) in [6.45, 7) is 3.11. The summed E-state index contributed by atoms with van der Waals surface area (Å²) in [5.41, 5.74) is 1.64. The van der Waals surface area contributed by atoms with E-state index in [2.05, 4.69) is 5.32 Å². The highest BCUT2D eigenvalue weighted by atomic mass is 16.5. The minimum absolute atomic E-state index is 0.0306. The Morgan fingerprint density at radius 3 is 2.48 bits per heavy atom. The van der Waals surface area contributed by atoms with Crippen molar-refractivity contribution in [2.45, 2.75) is 20.0 Å². The van der Waals surface area contributed by atoms with Crippen LogP contribution in [0, 0.1) is 11.3 Å². The summed E-state index contributed by atoms with van der Waals surface area (Å²) in [6.07, 6.45) is -0.726. The Morgan fingerprint density at radius 2 is 1.87 bits per heavy atom. The molecule has 23 heavy (non-hydrogen) atoms. The molecule has 2 aromatic rings. The molecule has 1 N–H and O–H groups in total. The number of carbonyl (C=O) groups is 2. The van der Waals surface area contributed by atoms with Gasteiger partial charge >= 0.3 is 0 Å². The van der Waals surface area contributed by atoms with Gasteiger partial charge in [0.2, 0.25) is 0 Å². The topological polar surface area (TPSA) is 79.2 Å². The van der Waals surface area contributed by atoms with Crippen LogP contribution in [-0.4, -0.2) is 17.8 Å². The average molecular weight is 308 g/mol. The summed E-state index contributed by atoms with van der Waals surface area (Å²) in [6, 6.07) is 15.3. The summed E-state index contributed by atoms with van der Waals surface area (Å²) in [7, 11) is 0. The Kier molecular flexibility index (Phi) is 5.11. The van der Waals surface area contributed by atoms with Crippen LogP contribution in [0.1, 0.15) is 29.8 Å². The van der Waals surface area contributed by atoms with Crippen LogP contribution in [0.15, 0.2) is 48.5 Å². The van der Waals surface area contributed by atoms with Gasteiger partial charge in [-0.05, 0) is 56.3 Å². The molecule has 0 unspecified atom stereocenters. The Labute approximate surface area is 134 Å². The van der Waals surface area contributed by atoms with Gasteiger partial charge in [-0.1, -0.05) is 6.07 Å². The lowest BCUT2D eigenvalue weighted by molar-refractivity contribution is -0.122. The van der Waals surface area contributed by atoms with E-state index >= 15 is 0 Å². The third-order valence-corrected chi connectivity index (χ3v) is 3.20. The quantitative estimate of drug-likeness (QED) is 0.860. The lowest BCUT2D eigenvalue weighted by Gasteiger charge is -2.15. The molecule has 0 spiro atoms. The van der Waals surface area contributed by atoms with Gasteiger partial charge in [-0.2, -0.15) is 5.26 Å². The van der Waals surface area contributed by atoms with Crippen LogP contribution in [-0.2, 0) is 4.79 Å². The van der Waals surface area contributed by atoms with Crippen LogP contribution in [0.25, 0.3) is 0 Å². The molecule has 1 amide bonds. The van der Waals surface area contributed by atoms with Crippen LogP contribution in [0.5, 0.6) is 5.75 Å². The molecule has 5 heteroatoms. The van der Waals surface area contributed by atoms with Crippen molar-refractivity contribution in [2.24, 2.45) is 0 Å². The van der Waals surface area contributed by atoms with Crippen molar-refractivity contribution in [3.8, 4) is 11.8 Å². The van der Waals surface area contributed by atoms with E-state index in [0.717, 1.165) is 0 Å². The van der Waals surface area contributed by atoms with Crippen LogP contribution in [0.4, 0.5) is 5.69 Å². The van der Waals surface area contributed by atoms with E-state index in [9.17, 15) is 9.59 Å². The zero-order valence-corrected chi connectivity index (χ0v) is 12.9. The minimum atomic E-state index is -0.726. The fourth-order valence-corrected chi connectivity index (χ4v) is 1.93. The maximum absolute atomic E-state index is 12.1. The molecule has 2 aromatic carbocycles. The molecule has 0 saturated carbocycles. The van der Waals surface area contributed by atoms with Gasteiger partial charge in [-0.3, -0.25) is 9.59 Å². The first-order chi connectivity index (χ1) is 11.0. The zero-order valence-electron chi connectivity index (χ0n) is 12.9. The number of rotatable bonds is 5. The van der Waals surface area contributed by atoms with Crippen molar-refractivity contribution >= 4 is 17.4 Å². The van der Waals surface area contributed by atoms with Gasteiger partial charge in [0, 0.05) is 11.3 Å². The van der Waals surface area contributed by atoms with Gasteiger partial charge in [-0.15, -0.1) is 0 Å². The van der Waals surface area contributed by atoms with Gasteiger partial charge in [0.15, 0.2) is 11.9 Å². The maximum atomic E-state index is 12.1. The summed E-state index contributed by atoms with van der Waals surface area (Å²) in [5, 5.41) is 11.6. The van der Waals surface area contributed by atoms with Crippen molar-refractivity contribution in [3.63, 3.8) is 0 Å². The number of nitriles is 1. The molecule has 0 heterocycles. The normalized spacial score (nSPS) is 11.2. The second-order valence-electron chi connectivity index (χ2n) is 5.02. The number of amides is 1. The molecule has 1 atom stereocenters. The molecule has 0 aromatic heterocycles. The third kappa shape index (κ3) is 4.42. The first kappa shape index (κ1) is 16.2. The number of anilines is 1. The lowest BCUT2D eigenvalue weighted by Crippen LogP contribution is -2.30. The molecule has 0 aliphatic carbocycles. The number of nitrogens with one attached hydrogen (secondary N) is 1. The van der Waals surface area contributed by atoms with Gasteiger partial charge in [0.05, 0.1) is 11.6 Å². The van der Waals surface area contributed by atoms with Crippen molar-refractivity contribution in [1.29, 1.82) is 5.26 Å². The number of Topliss-reactive ketones (excluding diaryl/α,β-unsaturated/α-hetero) is 1. The number of carbonyl (C=O) groups excluding carboxylic acids is 2. The third-order valence-electron chi connectivity index (χ3n) is 3.20. The monoisotopic (exact) mass is 308 g/mol. The fourth-order valence-electron chi connectivity index (χ4n) is 1.93. The number of hydrogen-bond acceptors (Lipinski definition) is 4. The highest BCUT2D eigenvalue weighted by Crippen LogP contribution is 2.16. The molecular formula is C18H16N2O3. The number of ketones is 1. The van der Waals surface area contributed by atoms with E-state index in [0.29, 0.717) is 22.6 Å². The van der Waals surface area contributed by atoms with Gasteiger partial charge in [0.1, 0.15) is 5.75 Å². The molecule has 0 aliphatic heterocycles. The first-order valence-electron chi connectivity index (χ1n) is 7.08. The fraction of sp³-hybridized carbons (Fsp3) is 0.167. The smallest absolute Gasteiger partial charge is 0.265 e. The Hall–Kier alpha value is -3.13. The maximum Gasteiger partial charge on any atom is 0.265 e. The van der Waals surface area contributed by atoms with E-state index in [1.54, 1.807) is 55.5 Å². The second kappa shape index (κ2) is 7.23. The summed E-state index contributed by atoms with van der Waals surface area (Å²) < 4.78 is 5.54. The van der Waals surface area contributed by atoms with E-state index in [1.165, 1.54) is 6.92 Å². The lowest BCUT2D eigenvalue weighted by atomic mass is 10.1. The zero-order chi connectivity index (χ0) is 16.8. The molecule has 0 radical (unpaired) electrons. The summed E-state index contributed by atoms with van der Waals surface area (Å²) in [5.74, 6) is 0.110. The SMILES string of the molecule is CC(=O)c1ccc(NC(=O)[C@H](C)Oc2cccc(C#N)c2)cc1. The van der Waals surface area contributed by atoms with Crippen molar-refractivity contribution in [1.82, 2.24) is 0 Å².